The summed E-state index contributed by atoms with van der Waals surface area (Å²) in [6.07, 6.45) is 3.13. The largest absolute Gasteiger partial charge is 0.453 e. The summed E-state index contributed by atoms with van der Waals surface area (Å²) >= 11 is 0. The molecule has 0 unspecified atom stereocenters. The van der Waals surface area contributed by atoms with Crippen LogP contribution in [0.4, 0.5) is 4.79 Å². The highest BCUT2D eigenvalue weighted by molar-refractivity contribution is 5.87. The number of hydrazone groups is 1. The third-order valence-corrected chi connectivity index (χ3v) is 3.76. The minimum atomic E-state index is -0.707. The summed E-state index contributed by atoms with van der Waals surface area (Å²) in [5.41, 5.74) is 5.18. The molecule has 0 aliphatic heterocycles. The fraction of sp³-hybridized carbons (Fsp3) is 0.300. The standard InChI is InChI=1S/C20H24N4O3/c1-14(2)12-18(23-20(26)27-3)19(25)24-22-13-15-7-9-16(10-8-15)17-6-4-5-11-21-17/h4-11,13-14,18H,12H2,1-3H3,(H,23,26)(H,24,25)/b22-13+/t18-/m0/s1. The second-order valence-electron chi connectivity index (χ2n) is 6.39. The maximum absolute atomic E-state index is 12.3. The fourth-order valence-corrected chi connectivity index (χ4v) is 2.43. The van der Waals surface area contributed by atoms with Gasteiger partial charge in [-0.2, -0.15) is 5.10 Å². The third-order valence-electron chi connectivity index (χ3n) is 3.76. The first kappa shape index (κ1) is 20.1. The highest BCUT2D eigenvalue weighted by Crippen LogP contribution is 2.16. The van der Waals surface area contributed by atoms with Crippen molar-refractivity contribution in [2.75, 3.05) is 7.11 Å². The number of benzene rings is 1. The Labute approximate surface area is 158 Å². The van der Waals surface area contributed by atoms with Gasteiger partial charge in [0, 0.05) is 11.8 Å². The highest BCUT2D eigenvalue weighted by Gasteiger charge is 2.21. The quantitative estimate of drug-likeness (QED) is 0.580. The number of aromatic nitrogens is 1. The second-order valence-corrected chi connectivity index (χ2v) is 6.39. The summed E-state index contributed by atoms with van der Waals surface area (Å²) in [7, 11) is 1.26. The molecule has 2 N–H and O–H groups in total. The number of rotatable bonds is 7. The Bertz CT molecular complexity index is 774. The molecule has 7 heteroatoms. The van der Waals surface area contributed by atoms with Crippen LogP contribution in [0.2, 0.25) is 0 Å². The zero-order chi connectivity index (χ0) is 19.6. The van der Waals surface area contributed by atoms with Gasteiger partial charge < -0.3 is 10.1 Å². The van der Waals surface area contributed by atoms with Crippen LogP contribution in [-0.4, -0.2) is 36.4 Å². The Balaban J connectivity index is 1.96. The summed E-state index contributed by atoms with van der Waals surface area (Å²) in [5.74, 6) is -0.170. The van der Waals surface area contributed by atoms with Crippen LogP contribution in [0.5, 0.6) is 0 Å². The van der Waals surface area contributed by atoms with Gasteiger partial charge in [0.15, 0.2) is 0 Å². The van der Waals surface area contributed by atoms with Gasteiger partial charge in [-0.3, -0.25) is 9.78 Å². The van der Waals surface area contributed by atoms with E-state index in [2.05, 4.69) is 25.6 Å². The molecule has 2 amide bonds. The number of carbonyl (C=O) groups is 2. The average Bonchev–Trinajstić information content (AvgIpc) is 2.68. The molecule has 1 aromatic carbocycles. The van der Waals surface area contributed by atoms with Crippen LogP contribution in [0.3, 0.4) is 0 Å². The molecule has 0 bridgehead atoms. The third kappa shape index (κ3) is 6.54. The van der Waals surface area contributed by atoms with Crippen LogP contribution in [0, 0.1) is 5.92 Å². The number of hydrogen-bond donors (Lipinski definition) is 2. The molecule has 0 saturated carbocycles. The minimum Gasteiger partial charge on any atom is -0.453 e. The molecule has 27 heavy (non-hydrogen) atoms. The average molecular weight is 368 g/mol. The van der Waals surface area contributed by atoms with Gasteiger partial charge in [0.1, 0.15) is 6.04 Å². The maximum atomic E-state index is 12.3. The van der Waals surface area contributed by atoms with Gasteiger partial charge in [-0.25, -0.2) is 10.2 Å². The lowest BCUT2D eigenvalue weighted by Crippen LogP contribution is -2.46. The van der Waals surface area contributed by atoms with E-state index in [0.717, 1.165) is 16.8 Å². The number of carbonyl (C=O) groups excluding carboxylic acids is 2. The Kier molecular flexibility index (Phi) is 7.49. The number of hydrogen-bond acceptors (Lipinski definition) is 5. The van der Waals surface area contributed by atoms with E-state index in [1.807, 2.05) is 56.3 Å². The van der Waals surface area contributed by atoms with Crippen molar-refractivity contribution in [3.05, 3.63) is 54.2 Å². The lowest BCUT2D eigenvalue weighted by Gasteiger charge is -2.17. The van der Waals surface area contributed by atoms with Gasteiger partial charge in [-0.05, 0) is 30.0 Å². The summed E-state index contributed by atoms with van der Waals surface area (Å²) in [6, 6.07) is 12.7. The van der Waals surface area contributed by atoms with Crippen molar-refractivity contribution in [3.63, 3.8) is 0 Å². The number of pyridine rings is 1. The summed E-state index contributed by atoms with van der Waals surface area (Å²) in [5, 5.41) is 6.49. The number of alkyl carbamates (subject to hydrolysis) is 1. The Hall–Kier alpha value is -3.22. The van der Waals surface area contributed by atoms with Crippen LogP contribution in [0.15, 0.2) is 53.8 Å². The topological polar surface area (TPSA) is 92.7 Å². The molecule has 0 radical (unpaired) electrons. The van der Waals surface area contributed by atoms with Crippen LogP contribution in [-0.2, 0) is 9.53 Å². The number of methoxy groups -OCH3 is 1. The van der Waals surface area contributed by atoms with E-state index in [4.69, 9.17) is 0 Å². The van der Waals surface area contributed by atoms with Crippen LogP contribution in [0.1, 0.15) is 25.8 Å². The van der Waals surface area contributed by atoms with Gasteiger partial charge in [-0.15, -0.1) is 0 Å². The number of nitrogens with zero attached hydrogens (tertiary/aromatic N) is 2. The predicted octanol–water partition coefficient (Wildman–Crippen LogP) is 2.97. The first-order chi connectivity index (χ1) is 13.0. The number of ether oxygens (including phenoxy) is 1. The van der Waals surface area contributed by atoms with Crippen molar-refractivity contribution in [1.29, 1.82) is 0 Å². The first-order valence-electron chi connectivity index (χ1n) is 8.68. The van der Waals surface area contributed by atoms with E-state index in [9.17, 15) is 9.59 Å². The molecule has 142 valence electrons. The number of nitrogens with one attached hydrogen (secondary N) is 2. The van der Waals surface area contributed by atoms with Crippen molar-refractivity contribution < 1.29 is 14.3 Å². The van der Waals surface area contributed by atoms with Gasteiger partial charge >= 0.3 is 6.09 Å². The van der Waals surface area contributed by atoms with Crippen molar-refractivity contribution >= 4 is 18.2 Å². The van der Waals surface area contributed by atoms with Crippen LogP contribution in [0.25, 0.3) is 11.3 Å². The van der Waals surface area contributed by atoms with E-state index in [1.54, 1.807) is 12.4 Å². The Morgan fingerprint density at radius 3 is 2.52 bits per heavy atom. The smallest absolute Gasteiger partial charge is 0.407 e. The molecule has 0 aliphatic rings. The second kappa shape index (κ2) is 10.1. The molecule has 0 aliphatic carbocycles. The van der Waals surface area contributed by atoms with Crippen LogP contribution < -0.4 is 10.7 Å². The lowest BCUT2D eigenvalue weighted by molar-refractivity contribution is -0.123. The summed E-state index contributed by atoms with van der Waals surface area (Å²) in [4.78, 5) is 28.0. The molecule has 0 spiro atoms. The maximum Gasteiger partial charge on any atom is 0.407 e. The summed E-state index contributed by atoms with van der Waals surface area (Å²) in [6.45, 7) is 3.93. The monoisotopic (exact) mass is 368 g/mol. The van der Waals surface area contributed by atoms with Crippen molar-refractivity contribution in [3.8, 4) is 11.3 Å². The molecule has 2 aromatic rings. The molecule has 7 nitrogen and oxygen atoms in total. The molecule has 1 atom stereocenters. The minimum absolute atomic E-state index is 0.223. The fourth-order valence-electron chi connectivity index (χ4n) is 2.43. The van der Waals surface area contributed by atoms with E-state index in [-0.39, 0.29) is 5.92 Å². The predicted molar refractivity (Wildman–Crippen MR) is 104 cm³/mol. The highest BCUT2D eigenvalue weighted by atomic mass is 16.5. The van der Waals surface area contributed by atoms with Crippen molar-refractivity contribution in [2.24, 2.45) is 11.0 Å². The molecule has 0 saturated heterocycles. The van der Waals surface area contributed by atoms with E-state index >= 15 is 0 Å². The molecule has 1 aromatic heterocycles. The van der Waals surface area contributed by atoms with Crippen LogP contribution >= 0.6 is 0 Å². The van der Waals surface area contributed by atoms with Crippen molar-refractivity contribution in [2.45, 2.75) is 26.3 Å². The lowest BCUT2D eigenvalue weighted by atomic mass is 10.0. The van der Waals surface area contributed by atoms with E-state index in [1.165, 1.54) is 7.11 Å². The van der Waals surface area contributed by atoms with Crippen molar-refractivity contribution in [1.82, 2.24) is 15.7 Å². The molecular formula is C20H24N4O3. The van der Waals surface area contributed by atoms with E-state index in [0.29, 0.717) is 6.42 Å². The Morgan fingerprint density at radius 1 is 1.19 bits per heavy atom. The molecule has 0 fully saturated rings. The zero-order valence-corrected chi connectivity index (χ0v) is 15.7. The molecular weight excluding hydrogens is 344 g/mol. The first-order valence-corrected chi connectivity index (χ1v) is 8.68. The van der Waals surface area contributed by atoms with E-state index < -0.39 is 18.0 Å². The molecule has 1 heterocycles. The van der Waals surface area contributed by atoms with Gasteiger partial charge in [-0.1, -0.05) is 44.2 Å². The number of amides is 2. The Morgan fingerprint density at radius 2 is 1.93 bits per heavy atom. The van der Waals surface area contributed by atoms with Gasteiger partial charge in [0.25, 0.3) is 5.91 Å². The normalized spacial score (nSPS) is 12.0. The SMILES string of the molecule is COC(=O)N[C@@H](CC(C)C)C(=O)N/N=C/c1ccc(-c2ccccn2)cc1. The zero-order valence-electron chi connectivity index (χ0n) is 15.7. The summed E-state index contributed by atoms with van der Waals surface area (Å²) < 4.78 is 4.56. The van der Waals surface area contributed by atoms with Gasteiger partial charge in [0.2, 0.25) is 0 Å². The van der Waals surface area contributed by atoms with Gasteiger partial charge in [0.05, 0.1) is 19.0 Å². The molecule has 2 rings (SSSR count).